The normalized spacial score (nSPS) is 17.3. The summed E-state index contributed by atoms with van der Waals surface area (Å²) in [6.45, 7) is 0.740. The topological polar surface area (TPSA) is 98.7 Å². The summed E-state index contributed by atoms with van der Waals surface area (Å²) in [7, 11) is 0. The molecule has 1 aromatic heterocycles. The van der Waals surface area contributed by atoms with E-state index in [1.165, 1.54) is 11.3 Å². The maximum Gasteiger partial charge on any atom is 0.313 e. The van der Waals surface area contributed by atoms with Gasteiger partial charge in [-0.25, -0.2) is 0 Å². The van der Waals surface area contributed by atoms with Gasteiger partial charge in [-0.2, -0.15) is 0 Å². The standard InChI is InChI=1S/C22H25N3O4S/c26-19(23-14-22(29)9-1-2-10-22)20(27)24-16-7-8-17-15(13-16)5-3-11-25(17)21(28)18-6-4-12-30-18/h4,6-8,12-13,29H,1-3,5,9-11,14H2,(H,23,26)(H,24,27). The Morgan fingerprint density at radius 2 is 1.90 bits per heavy atom. The Morgan fingerprint density at radius 3 is 2.63 bits per heavy atom. The van der Waals surface area contributed by atoms with Crippen LogP contribution in [0, 0.1) is 0 Å². The van der Waals surface area contributed by atoms with Crippen LogP contribution in [-0.2, 0) is 16.0 Å². The summed E-state index contributed by atoms with van der Waals surface area (Å²) in [6, 6.07) is 9.01. The van der Waals surface area contributed by atoms with Crippen molar-refractivity contribution in [2.75, 3.05) is 23.3 Å². The van der Waals surface area contributed by atoms with E-state index in [1.807, 2.05) is 29.6 Å². The van der Waals surface area contributed by atoms with Gasteiger partial charge in [0.15, 0.2) is 0 Å². The summed E-state index contributed by atoms with van der Waals surface area (Å²) < 4.78 is 0. The Bertz CT molecular complexity index is 951. The third kappa shape index (κ3) is 4.39. The van der Waals surface area contributed by atoms with Crippen LogP contribution < -0.4 is 15.5 Å². The lowest BCUT2D eigenvalue weighted by Gasteiger charge is -2.29. The number of nitrogens with zero attached hydrogens (tertiary/aromatic N) is 1. The van der Waals surface area contributed by atoms with Gasteiger partial charge >= 0.3 is 11.8 Å². The summed E-state index contributed by atoms with van der Waals surface area (Å²) in [5.41, 5.74) is 1.41. The highest BCUT2D eigenvalue weighted by Crippen LogP contribution is 2.31. The van der Waals surface area contributed by atoms with Crippen molar-refractivity contribution in [1.82, 2.24) is 5.32 Å². The Kier molecular flexibility index (Phi) is 5.87. The van der Waals surface area contributed by atoms with Gasteiger partial charge in [0.2, 0.25) is 0 Å². The van der Waals surface area contributed by atoms with Crippen LogP contribution in [0.4, 0.5) is 11.4 Å². The Balaban J connectivity index is 1.40. The molecule has 0 atom stereocenters. The largest absolute Gasteiger partial charge is 0.388 e. The Morgan fingerprint density at radius 1 is 1.10 bits per heavy atom. The van der Waals surface area contributed by atoms with Crippen molar-refractivity contribution in [3.05, 3.63) is 46.2 Å². The molecule has 1 aliphatic carbocycles. The van der Waals surface area contributed by atoms with Gasteiger partial charge in [0.25, 0.3) is 5.91 Å². The molecule has 2 aromatic rings. The number of benzene rings is 1. The second kappa shape index (κ2) is 8.57. The summed E-state index contributed by atoms with van der Waals surface area (Å²) in [6.07, 6.45) is 4.77. The predicted molar refractivity (Wildman–Crippen MR) is 116 cm³/mol. The van der Waals surface area contributed by atoms with E-state index in [9.17, 15) is 19.5 Å². The first kappa shape index (κ1) is 20.6. The number of amides is 3. The Labute approximate surface area is 179 Å². The monoisotopic (exact) mass is 427 g/mol. The van der Waals surface area contributed by atoms with Crippen molar-refractivity contribution in [3.63, 3.8) is 0 Å². The molecule has 158 valence electrons. The van der Waals surface area contributed by atoms with E-state index in [1.54, 1.807) is 11.0 Å². The van der Waals surface area contributed by atoms with Gasteiger partial charge in [0, 0.05) is 24.5 Å². The molecule has 1 aliphatic heterocycles. The van der Waals surface area contributed by atoms with Crippen LogP contribution in [0.2, 0.25) is 0 Å². The van der Waals surface area contributed by atoms with Gasteiger partial charge in [-0.1, -0.05) is 18.9 Å². The molecule has 7 nitrogen and oxygen atoms in total. The van der Waals surface area contributed by atoms with Gasteiger partial charge in [0.1, 0.15) is 0 Å². The maximum atomic E-state index is 12.8. The zero-order chi connectivity index (χ0) is 21.1. The van der Waals surface area contributed by atoms with Gasteiger partial charge in [0.05, 0.1) is 10.5 Å². The predicted octanol–water partition coefficient (Wildman–Crippen LogP) is 2.70. The van der Waals surface area contributed by atoms with E-state index in [0.29, 0.717) is 30.0 Å². The molecule has 2 aliphatic rings. The van der Waals surface area contributed by atoms with E-state index < -0.39 is 17.4 Å². The minimum Gasteiger partial charge on any atom is -0.388 e. The smallest absolute Gasteiger partial charge is 0.313 e. The van der Waals surface area contributed by atoms with Gasteiger partial charge in [-0.3, -0.25) is 14.4 Å². The number of fused-ring (bicyclic) bond motifs is 1. The fourth-order valence-corrected chi connectivity index (χ4v) is 4.81. The van der Waals surface area contributed by atoms with Crippen LogP contribution in [-0.4, -0.2) is 41.5 Å². The van der Waals surface area contributed by atoms with E-state index in [2.05, 4.69) is 10.6 Å². The zero-order valence-corrected chi connectivity index (χ0v) is 17.5. The van der Waals surface area contributed by atoms with Crippen molar-refractivity contribution >= 4 is 40.4 Å². The summed E-state index contributed by atoms with van der Waals surface area (Å²) in [4.78, 5) is 39.6. The minimum atomic E-state index is -0.902. The highest BCUT2D eigenvalue weighted by Gasteiger charge is 2.32. The zero-order valence-electron chi connectivity index (χ0n) is 16.6. The van der Waals surface area contributed by atoms with Crippen LogP contribution in [0.5, 0.6) is 0 Å². The molecular formula is C22H25N3O4S. The van der Waals surface area contributed by atoms with E-state index >= 15 is 0 Å². The molecule has 1 saturated carbocycles. The highest BCUT2D eigenvalue weighted by atomic mass is 32.1. The first-order valence-corrected chi connectivity index (χ1v) is 11.1. The second-order valence-corrected chi connectivity index (χ2v) is 8.90. The number of aryl methyl sites for hydroxylation is 1. The molecular weight excluding hydrogens is 402 g/mol. The molecule has 2 heterocycles. The first-order valence-electron chi connectivity index (χ1n) is 10.3. The first-order chi connectivity index (χ1) is 14.5. The number of carbonyl (C=O) groups is 3. The van der Waals surface area contributed by atoms with E-state index in [4.69, 9.17) is 0 Å². The number of aliphatic hydroxyl groups is 1. The molecule has 1 fully saturated rings. The number of thiophene rings is 1. The van der Waals surface area contributed by atoms with Gasteiger partial charge < -0.3 is 20.6 Å². The number of hydrogen-bond donors (Lipinski definition) is 3. The number of nitrogens with one attached hydrogen (secondary N) is 2. The average molecular weight is 428 g/mol. The summed E-state index contributed by atoms with van der Waals surface area (Å²) >= 11 is 1.42. The molecule has 3 N–H and O–H groups in total. The van der Waals surface area contributed by atoms with Gasteiger partial charge in [-0.05, 0) is 60.9 Å². The molecule has 30 heavy (non-hydrogen) atoms. The van der Waals surface area contributed by atoms with Crippen molar-refractivity contribution in [1.29, 1.82) is 0 Å². The van der Waals surface area contributed by atoms with Crippen LogP contribution in [0.15, 0.2) is 35.7 Å². The van der Waals surface area contributed by atoms with Gasteiger partial charge in [-0.15, -0.1) is 11.3 Å². The van der Waals surface area contributed by atoms with Crippen molar-refractivity contribution in [2.24, 2.45) is 0 Å². The molecule has 8 heteroatoms. The second-order valence-electron chi connectivity index (χ2n) is 7.95. The summed E-state index contributed by atoms with van der Waals surface area (Å²) in [5.74, 6) is -1.55. The SMILES string of the molecule is O=C(NCC1(O)CCCC1)C(=O)Nc1ccc2c(c1)CCCN2C(=O)c1cccs1. The number of carbonyl (C=O) groups excluding carboxylic acids is 3. The highest BCUT2D eigenvalue weighted by molar-refractivity contribution is 7.12. The van der Waals surface area contributed by atoms with Crippen molar-refractivity contribution < 1.29 is 19.5 Å². The number of rotatable bonds is 4. The molecule has 1 aromatic carbocycles. The number of anilines is 2. The lowest BCUT2D eigenvalue weighted by Crippen LogP contribution is -2.44. The van der Waals surface area contributed by atoms with Crippen molar-refractivity contribution in [2.45, 2.75) is 44.1 Å². The van der Waals surface area contributed by atoms with Crippen molar-refractivity contribution in [3.8, 4) is 0 Å². The third-order valence-corrected chi connectivity index (χ3v) is 6.61. The molecule has 0 spiro atoms. The van der Waals surface area contributed by atoms with Crippen LogP contribution >= 0.6 is 11.3 Å². The number of hydrogen-bond acceptors (Lipinski definition) is 5. The van der Waals surface area contributed by atoms with Crippen LogP contribution in [0.3, 0.4) is 0 Å². The average Bonchev–Trinajstić information content (AvgIpc) is 3.43. The minimum absolute atomic E-state index is 0.0213. The van der Waals surface area contributed by atoms with E-state index in [0.717, 1.165) is 36.9 Å². The third-order valence-electron chi connectivity index (χ3n) is 5.75. The quantitative estimate of drug-likeness (QED) is 0.654. The maximum absolute atomic E-state index is 12.8. The molecule has 0 bridgehead atoms. The Hall–Kier alpha value is -2.71. The molecule has 3 amide bonds. The summed E-state index contributed by atoms with van der Waals surface area (Å²) in [5, 5.41) is 17.3. The fraction of sp³-hybridized carbons (Fsp3) is 0.409. The molecule has 4 rings (SSSR count). The lowest BCUT2D eigenvalue weighted by atomic mass is 10.0. The molecule has 0 unspecified atom stereocenters. The van der Waals surface area contributed by atoms with E-state index in [-0.39, 0.29) is 12.5 Å². The lowest BCUT2D eigenvalue weighted by molar-refractivity contribution is -0.136. The fourth-order valence-electron chi connectivity index (χ4n) is 4.14. The molecule has 0 radical (unpaired) electrons. The van der Waals surface area contributed by atoms with Crippen LogP contribution in [0.1, 0.15) is 47.3 Å². The van der Waals surface area contributed by atoms with Crippen LogP contribution in [0.25, 0.3) is 0 Å². The molecule has 0 saturated heterocycles.